The van der Waals surface area contributed by atoms with Crippen molar-refractivity contribution in [1.82, 2.24) is 0 Å². The number of nitrogens with zero attached hydrogens (tertiary/aromatic N) is 1. The maximum absolute atomic E-state index is 12.6. The highest BCUT2D eigenvalue weighted by Crippen LogP contribution is 2.36. The minimum absolute atomic E-state index is 0.0819. The number of ether oxygens (including phenoxy) is 3. The first-order chi connectivity index (χ1) is 13.1. The van der Waals surface area contributed by atoms with Crippen LogP contribution < -0.4 is 24.4 Å². The van der Waals surface area contributed by atoms with Gasteiger partial charge in [0.2, 0.25) is 11.8 Å². The lowest BCUT2D eigenvalue weighted by atomic mass is 10.1. The van der Waals surface area contributed by atoms with Crippen LogP contribution in [0, 0.1) is 5.92 Å². The lowest BCUT2D eigenvalue weighted by molar-refractivity contribution is -0.122. The third-order valence-corrected chi connectivity index (χ3v) is 4.69. The van der Waals surface area contributed by atoms with Crippen molar-refractivity contribution >= 4 is 23.2 Å². The van der Waals surface area contributed by atoms with Crippen molar-refractivity contribution in [2.24, 2.45) is 5.92 Å². The van der Waals surface area contributed by atoms with Gasteiger partial charge in [-0.3, -0.25) is 9.59 Å². The molecule has 2 aromatic carbocycles. The summed E-state index contributed by atoms with van der Waals surface area (Å²) in [6.07, 6.45) is 0.177. The quantitative estimate of drug-likeness (QED) is 0.897. The largest absolute Gasteiger partial charge is 0.497 e. The van der Waals surface area contributed by atoms with E-state index in [0.717, 1.165) is 0 Å². The molecule has 2 aliphatic heterocycles. The molecule has 0 aliphatic carbocycles. The van der Waals surface area contributed by atoms with Gasteiger partial charge in [-0.25, -0.2) is 0 Å². The van der Waals surface area contributed by atoms with Gasteiger partial charge < -0.3 is 24.4 Å². The van der Waals surface area contributed by atoms with Crippen molar-refractivity contribution in [3.8, 4) is 17.2 Å². The molecule has 0 unspecified atom stereocenters. The van der Waals surface area contributed by atoms with E-state index in [1.807, 2.05) is 6.07 Å². The Morgan fingerprint density at radius 2 is 1.85 bits per heavy atom. The number of hydrogen-bond donors (Lipinski definition) is 1. The Bertz CT molecular complexity index is 865. The summed E-state index contributed by atoms with van der Waals surface area (Å²) < 4.78 is 16.2. The number of carbonyl (C=O) groups excluding carboxylic acids is 2. The number of anilines is 2. The molecular formula is C20H20N2O5. The first kappa shape index (κ1) is 17.2. The molecule has 2 aromatic rings. The number of amides is 2. The number of nitrogens with one attached hydrogen (secondary N) is 1. The second kappa shape index (κ2) is 7.19. The van der Waals surface area contributed by atoms with E-state index in [1.165, 1.54) is 0 Å². The van der Waals surface area contributed by atoms with Gasteiger partial charge in [-0.15, -0.1) is 0 Å². The van der Waals surface area contributed by atoms with Crippen LogP contribution in [0.4, 0.5) is 11.4 Å². The Labute approximate surface area is 156 Å². The van der Waals surface area contributed by atoms with Crippen LogP contribution in [-0.2, 0) is 9.59 Å². The Hall–Kier alpha value is -3.22. The second-order valence-corrected chi connectivity index (χ2v) is 6.45. The monoisotopic (exact) mass is 368 g/mol. The fraction of sp³-hybridized carbons (Fsp3) is 0.300. The van der Waals surface area contributed by atoms with Gasteiger partial charge in [0.05, 0.1) is 13.0 Å². The molecule has 0 bridgehead atoms. The van der Waals surface area contributed by atoms with E-state index in [4.69, 9.17) is 14.2 Å². The lowest BCUT2D eigenvalue weighted by Gasteiger charge is -2.22. The summed E-state index contributed by atoms with van der Waals surface area (Å²) in [6.45, 7) is 1.33. The number of fused-ring (bicyclic) bond motifs is 1. The van der Waals surface area contributed by atoms with Gasteiger partial charge in [-0.05, 0) is 36.4 Å². The zero-order chi connectivity index (χ0) is 18.8. The average molecular weight is 368 g/mol. The van der Waals surface area contributed by atoms with E-state index in [-0.39, 0.29) is 18.2 Å². The van der Waals surface area contributed by atoms with Gasteiger partial charge in [-0.2, -0.15) is 0 Å². The van der Waals surface area contributed by atoms with Crippen molar-refractivity contribution < 1.29 is 23.8 Å². The van der Waals surface area contributed by atoms with Gasteiger partial charge in [-0.1, -0.05) is 0 Å². The molecule has 0 saturated carbocycles. The molecule has 2 aliphatic rings. The molecule has 1 N–H and O–H groups in total. The van der Waals surface area contributed by atoms with Gasteiger partial charge in [0.25, 0.3) is 0 Å². The number of rotatable bonds is 4. The summed E-state index contributed by atoms with van der Waals surface area (Å²) in [7, 11) is 1.59. The van der Waals surface area contributed by atoms with Crippen molar-refractivity contribution in [1.29, 1.82) is 0 Å². The maximum atomic E-state index is 12.6. The summed E-state index contributed by atoms with van der Waals surface area (Å²) in [6, 6.07) is 12.5. The Morgan fingerprint density at radius 3 is 2.59 bits per heavy atom. The molecule has 1 fully saturated rings. The van der Waals surface area contributed by atoms with Crippen molar-refractivity contribution in [2.45, 2.75) is 6.42 Å². The number of carbonyl (C=O) groups is 2. The van der Waals surface area contributed by atoms with Crippen LogP contribution in [0.3, 0.4) is 0 Å². The predicted octanol–water partition coefficient (Wildman–Crippen LogP) is 2.46. The topological polar surface area (TPSA) is 77.1 Å². The molecule has 27 heavy (non-hydrogen) atoms. The SMILES string of the molecule is COc1ccc(NC(=O)[C@H]2CC(=O)N(c3ccc4c(c3)OCCO4)C2)cc1. The molecule has 7 heteroatoms. The van der Waals surface area contributed by atoms with Crippen LogP contribution in [0.15, 0.2) is 42.5 Å². The fourth-order valence-electron chi connectivity index (χ4n) is 3.25. The molecule has 0 radical (unpaired) electrons. The summed E-state index contributed by atoms with van der Waals surface area (Å²) in [5.74, 6) is 1.35. The molecule has 0 spiro atoms. The second-order valence-electron chi connectivity index (χ2n) is 6.45. The van der Waals surface area contributed by atoms with Crippen molar-refractivity contribution in [3.63, 3.8) is 0 Å². The van der Waals surface area contributed by atoms with Crippen LogP contribution >= 0.6 is 0 Å². The van der Waals surface area contributed by atoms with E-state index >= 15 is 0 Å². The third-order valence-electron chi connectivity index (χ3n) is 4.69. The predicted molar refractivity (Wildman–Crippen MR) is 99.5 cm³/mol. The van der Waals surface area contributed by atoms with Gasteiger partial charge in [0, 0.05) is 30.4 Å². The third kappa shape index (κ3) is 3.53. The van der Waals surface area contributed by atoms with Gasteiger partial charge in [0.15, 0.2) is 11.5 Å². The molecule has 2 amide bonds. The van der Waals surface area contributed by atoms with Crippen LogP contribution in [0.5, 0.6) is 17.2 Å². The summed E-state index contributed by atoms with van der Waals surface area (Å²) in [4.78, 5) is 26.6. The minimum atomic E-state index is -0.409. The smallest absolute Gasteiger partial charge is 0.229 e. The highest BCUT2D eigenvalue weighted by atomic mass is 16.6. The van der Waals surface area contributed by atoms with Crippen LogP contribution in [0.1, 0.15) is 6.42 Å². The molecule has 0 aromatic heterocycles. The summed E-state index contributed by atoms with van der Waals surface area (Å²) in [5.41, 5.74) is 1.38. The standard InChI is InChI=1S/C20H20N2O5/c1-25-16-5-2-14(3-6-16)21-20(24)13-10-19(23)22(12-13)15-4-7-17-18(11-15)27-9-8-26-17/h2-7,11,13H,8-10,12H2,1H3,(H,21,24)/t13-/m0/s1. The highest BCUT2D eigenvalue weighted by Gasteiger charge is 2.35. The average Bonchev–Trinajstić information content (AvgIpc) is 3.10. The Morgan fingerprint density at radius 1 is 1.11 bits per heavy atom. The van der Waals surface area contributed by atoms with E-state index in [0.29, 0.717) is 48.4 Å². The van der Waals surface area contributed by atoms with Crippen LogP contribution in [-0.4, -0.2) is 38.7 Å². The van der Waals surface area contributed by atoms with E-state index in [1.54, 1.807) is 48.4 Å². The lowest BCUT2D eigenvalue weighted by Crippen LogP contribution is -2.28. The van der Waals surface area contributed by atoms with Gasteiger partial charge >= 0.3 is 0 Å². The van der Waals surface area contributed by atoms with E-state index in [9.17, 15) is 9.59 Å². The molecule has 1 saturated heterocycles. The Balaban J connectivity index is 1.44. The number of benzene rings is 2. The molecule has 7 nitrogen and oxygen atoms in total. The molecular weight excluding hydrogens is 348 g/mol. The van der Waals surface area contributed by atoms with Crippen molar-refractivity contribution in [3.05, 3.63) is 42.5 Å². The van der Waals surface area contributed by atoms with E-state index in [2.05, 4.69) is 5.32 Å². The summed E-state index contributed by atoms with van der Waals surface area (Å²) in [5, 5.41) is 2.86. The molecule has 1 atom stereocenters. The minimum Gasteiger partial charge on any atom is -0.497 e. The number of hydrogen-bond acceptors (Lipinski definition) is 5. The fourth-order valence-corrected chi connectivity index (χ4v) is 3.25. The van der Waals surface area contributed by atoms with Crippen LogP contribution in [0.2, 0.25) is 0 Å². The highest BCUT2D eigenvalue weighted by molar-refractivity contribution is 6.03. The maximum Gasteiger partial charge on any atom is 0.229 e. The summed E-state index contributed by atoms with van der Waals surface area (Å²) >= 11 is 0. The first-order valence-corrected chi connectivity index (χ1v) is 8.79. The van der Waals surface area contributed by atoms with E-state index < -0.39 is 5.92 Å². The number of methoxy groups -OCH3 is 1. The zero-order valence-electron chi connectivity index (χ0n) is 14.9. The normalized spacial score (nSPS) is 18.3. The van der Waals surface area contributed by atoms with Crippen LogP contribution in [0.25, 0.3) is 0 Å². The molecule has 2 heterocycles. The zero-order valence-corrected chi connectivity index (χ0v) is 14.9. The molecule has 4 rings (SSSR count). The first-order valence-electron chi connectivity index (χ1n) is 8.79. The van der Waals surface area contributed by atoms with Gasteiger partial charge in [0.1, 0.15) is 19.0 Å². The molecule has 140 valence electrons. The Kier molecular flexibility index (Phi) is 4.58. The van der Waals surface area contributed by atoms with Crippen molar-refractivity contribution in [2.75, 3.05) is 37.1 Å².